The molecular weight excluding hydrogens is 284 g/mol. The maximum Gasteiger partial charge on any atom is 0.319 e. The van der Waals surface area contributed by atoms with Gasteiger partial charge in [0.05, 0.1) is 18.5 Å². The number of pyridine rings is 1. The van der Waals surface area contributed by atoms with Gasteiger partial charge in [-0.25, -0.2) is 9.78 Å². The third kappa shape index (κ3) is 5.50. The van der Waals surface area contributed by atoms with Crippen molar-refractivity contribution in [1.82, 2.24) is 15.2 Å². The third-order valence-corrected chi connectivity index (χ3v) is 3.57. The number of hydrogen-bond acceptors (Lipinski definition) is 5. The van der Waals surface area contributed by atoms with Gasteiger partial charge in [-0.05, 0) is 32.0 Å². The van der Waals surface area contributed by atoms with Gasteiger partial charge in [0.25, 0.3) is 0 Å². The Balaban J connectivity index is 1.69. The molecule has 0 aliphatic carbocycles. The number of ether oxygens (including phenoxy) is 2. The van der Waals surface area contributed by atoms with E-state index >= 15 is 0 Å². The molecule has 0 saturated carbocycles. The van der Waals surface area contributed by atoms with Crippen LogP contribution in [-0.2, 0) is 4.74 Å². The molecule has 2 heterocycles. The first-order chi connectivity index (χ1) is 10.7. The largest absolute Gasteiger partial charge is 0.475 e. The van der Waals surface area contributed by atoms with Crippen LogP contribution in [0.25, 0.3) is 0 Å². The molecule has 0 radical (unpaired) electrons. The van der Waals surface area contributed by atoms with Gasteiger partial charge in [-0.1, -0.05) is 0 Å². The first kappa shape index (κ1) is 16.5. The van der Waals surface area contributed by atoms with E-state index < -0.39 is 0 Å². The molecule has 1 aromatic heterocycles. The van der Waals surface area contributed by atoms with E-state index in [9.17, 15) is 4.79 Å². The number of likely N-dealkylation sites (tertiary alicyclic amines) is 1. The fraction of sp³-hybridized carbons (Fsp3) is 0.600. The van der Waals surface area contributed by atoms with E-state index in [0.717, 1.165) is 19.5 Å². The maximum absolute atomic E-state index is 11.8. The van der Waals surface area contributed by atoms with Crippen molar-refractivity contribution in [2.75, 3.05) is 52.3 Å². The van der Waals surface area contributed by atoms with Crippen molar-refractivity contribution in [2.45, 2.75) is 6.42 Å². The van der Waals surface area contributed by atoms with Crippen molar-refractivity contribution in [2.24, 2.45) is 5.92 Å². The molecular formula is C15H24N4O3. The zero-order chi connectivity index (χ0) is 15.8. The fourth-order valence-corrected chi connectivity index (χ4v) is 2.37. The zero-order valence-electron chi connectivity index (χ0n) is 13.2. The molecule has 0 bridgehead atoms. The molecule has 2 amide bonds. The molecule has 2 N–H and O–H groups in total. The van der Waals surface area contributed by atoms with Crippen molar-refractivity contribution >= 4 is 11.7 Å². The second kappa shape index (κ2) is 8.55. The Labute approximate surface area is 131 Å². The lowest BCUT2D eigenvalue weighted by Gasteiger charge is -2.12. The first-order valence-electron chi connectivity index (χ1n) is 7.48. The average molecular weight is 308 g/mol. The highest BCUT2D eigenvalue weighted by molar-refractivity contribution is 5.88. The Morgan fingerprint density at radius 2 is 2.32 bits per heavy atom. The third-order valence-electron chi connectivity index (χ3n) is 3.57. The van der Waals surface area contributed by atoms with Crippen LogP contribution in [0.3, 0.4) is 0 Å². The van der Waals surface area contributed by atoms with E-state index in [-0.39, 0.29) is 6.03 Å². The topological polar surface area (TPSA) is 75.7 Å². The van der Waals surface area contributed by atoms with Gasteiger partial charge < -0.3 is 25.0 Å². The molecule has 1 aliphatic rings. The lowest BCUT2D eigenvalue weighted by atomic mass is 10.1. The van der Waals surface area contributed by atoms with Gasteiger partial charge in [0.1, 0.15) is 6.61 Å². The fourth-order valence-electron chi connectivity index (χ4n) is 2.37. The molecule has 1 unspecified atom stereocenters. The quantitative estimate of drug-likeness (QED) is 0.740. The number of aromatic nitrogens is 1. The number of urea groups is 1. The highest BCUT2D eigenvalue weighted by Gasteiger charge is 2.19. The van der Waals surface area contributed by atoms with E-state index in [1.54, 1.807) is 25.4 Å². The molecule has 122 valence electrons. The van der Waals surface area contributed by atoms with Crippen molar-refractivity contribution in [3.8, 4) is 5.88 Å². The summed E-state index contributed by atoms with van der Waals surface area (Å²) in [5, 5.41) is 5.66. The van der Waals surface area contributed by atoms with Gasteiger partial charge in [0.15, 0.2) is 0 Å². The van der Waals surface area contributed by atoms with E-state index in [4.69, 9.17) is 9.47 Å². The number of hydrogen-bond donors (Lipinski definition) is 2. The van der Waals surface area contributed by atoms with E-state index in [0.29, 0.717) is 37.2 Å². The predicted molar refractivity (Wildman–Crippen MR) is 84.2 cm³/mol. The summed E-state index contributed by atoms with van der Waals surface area (Å²) >= 11 is 0. The minimum atomic E-state index is -0.204. The highest BCUT2D eigenvalue weighted by Crippen LogP contribution is 2.13. The summed E-state index contributed by atoms with van der Waals surface area (Å²) in [5.41, 5.74) is 0.639. The molecule has 1 aliphatic heterocycles. The normalized spacial score (nSPS) is 18.2. The smallest absolute Gasteiger partial charge is 0.319 e. The molecule has 7 heteroatoms. The van der Waals surface area contributed by atoms with Crippen LogP contribution in [0.5, 0.6) is 5.88 Å². The van der Waals surface area contributed by atoms with E-state index in [1.807, 2.05) is 0 Å². The van der Waals surface area contributed by atoms with Gasteiger partial charge in [-0.2, -0.15) is 0 Å². The summed E-state index contributed by atoms with van der Waals surface area (Å²) in [5.74, 6) is 1.04. The molecule has 1 atom stereocenters. The van der Waals surface area contributed by atoms with Crippen LogP contribution in [0, 0.1) is 5.92 Å². The molecule has 1 fully saturated rings. The summed E-state index contributed by atoms with van der Waals surface area (Å²) in [6.07, 6.45) is 2.71. The standard InChI is InChI=1S/C15H24N4O3/c1-19-6-5-12(11-19)9-17-15(20)18-13-3-4-14(16-10-13)22-8-7-21-2/h3-4,10,12H,5-9,11H2,1-2H3,(H2,17,18,20). The Bertz CT molecular complexity index is 466. The number of anilines is 1. The maximum atomic E-state index is 11.8. The van der Waals surface area contributed by atoms with Gasteiger partial charge in [0, 0.05) is 26.3 Å². The second-order valence-corrected chi connectivity index (χ2v) is 5.48. The Hall–Kier alpha value is -1.86. The summed E-state index contributed by atoms with van der Waals surface area (Å²) in [6, 6.07) is 3.28. The Kier molecular flexibility index (Phi) is 6.42. The predicted octanol–water partition coefficient (Wildman–Crippen LogP) is 1.18. The molecule has 0 aromatic carbocycles. The van der Waals surface area contributed by atoms with Crippen LogP contribution >= 0.6 is 0 Å². The minimum Gasteiger partial charge on any atom is -0.475 e. The lowest BCUT2D eigenvalue weighted by molar-refractivity contribution is 0.144. The number of rotatable bonds is 7. The van der Waals surface area contributed by atoms with Crippen molar-refractivity contribution < 1.29 is 14.3 Å². The summed E-state index contributed by atoms with van der Waals surface area (Å²) < 4.78 is 10.3. The van der Waals surface area contributed by atoms with Crippen LogP contribution in [0.15, 0.2) is 18.3 Å². The molecule has 0 spiro atoms. The number of amides is 2. The zero-order valence-corrected chi connectivity index (χ0v) is 13.2. The Morgan fingerprint density at radius 3 is 2.95 bits per heavy atom. The van der Waals surface area contributed by atoms with Crippen LogP contribution < -0.4 is 15.4 Å². The summed E-state index contributed by atoms with van der Waals surface area (Å²) in [4.78, 5) is 18.2. The van der Waals surface area contributed by atoms with E-state index in [1.165, 1.54) is 0 Å². The van der Waals surface area contributed by atoms with Crippen molar-refractivity contribution in [3.63, 3.8) is 0 Å². The molecule has 7 nitrogen and oxygen atoms in total. The number of nitrogens with zero attached hydrogens (tertiary/aromatic N) is 2. The number of methoxy groups -OCH3 is 1. The molecule has 2 rings (SSSR count). The lowest BCUT2D eigenvalue weighted by Crippen LogP contribution is -2.33. The summed E-state index contributed by atoms with van der Waals surface area (Å²) in [7, 11) is 3.72. The SMILES string of the molecule is COCCOc1ccc(NC(=O)NCC2CCN(C)C2)cn1. The van der Waals surface area contributed by atoms with Gasteiger partial charge >= 0.3 is 6.03 Å². The van der Waals surface area contributed by atoms with Crippen molar-refractivity contribution in [3.05, 3.63) is 18.3 Å². The monoisotopic (exact) mass is 308 g/mol. The highest BCUT2D eigenvalue weighted by atomic mass is 16.5. The average Bonchev–Trinajstić information content (AvgIpc) is 2.93. The number of carbonyl (C=O) groups is 1. The van der Waals surface area contributed by atoms with Gasteiger partial charge in [-0.3, -0.25) is 0 Å². The molecule has 1 saturated heterocycles. The number of nitrogens with one attached hydrogen (secondary N) is 2. The van der Waals surface area contributed by atoms with Gasteiger partial charge in [0.2, 0.25) is 5.88 Å². The minimum absolute atomic E-state index is 0.204. The molecule has 1 aromatic rings. The number of carbonyl (C=O) groups excluding carboxylic acids is 1. The van der Waals surface area contributed by atoms with Crippen LogP contribution in [0.1, 0.15) is 6.42 Å². The van der Waals surface area contributed by atoms with Gasteiger partial charge in [-0.15, -0.1) is 0 Å². The van der Waals surface area contributed by atoms with E-state index in [2.05, 4.69) is 27.6 Å². The van der Waals surface area contributed by atoms with Crippen LogP contribution in [0.4, 0.5) is 10.5 Å². The van der Waals surface area contributed by atoms with Crippen LogP contribution in [0.2, 0.25) is 0 Å². The first-order valence-corrected chi connectivity index (χ1v) is 7.48. The molecule has 22 heavy (non-hydrogen) atoms. The Morgan fingerprint density at radius 1 is 1.45 bits per heavy atom. The van der Waals surface area contributed by atoms with Crippen molar-refractivity contribution in [1.29, 1.82) is 0 Å². The summed E-state index contributed by atoms with van der Waals surface area (Å²) in [6.45, 7) is 3.80. The second-order valence-electron chi connectivity index (χ2n) is 5.48. The van der Waals surface area contributed by atoms with Crippen LogP contribution in [-0.4, -0.2) is 62.9 Å².